The van der Waals surface area contributed by atoms with Gasteiger partial charge in [0.15, 0.2) is 0 Å². The number of alkyl halides is 3. The maximum atomic E-state index is 12.8. The lowest BCUT2D eigenvalue weighted by Gasteiger charge is -2.11. The third-order valence-electron chi connectivity index (χ3n) is 2.85. The van der Waals surface area contributed by atoms with Gasteiger partial charge in [-0.1, -0.05) is 0 Å². The van der Waals surface area contributed by atoms with Crippen LogP contribution in [-0.4, -0.2) is 25.2 Å². The van der Waals surface area contributed by atoms with Crippen LogP contribution in [0.3, 0.4) is 0 Å². The fraction of sp³-hybridized carbons (Fsp3) is 0.538. The topological polar surface area (TPSA) is 64.4 Å². The first kappa shape index (κ1) is 17.2. The van der Waals surface area contributed by atoms with Crippen LogP contribution < -0.4 is 5.32 Å². The summed E-state index contributed by atoms with van der Waals surface area (Å²) in [6, 6.07) is 2.92. The van der Waals surface area contributed by atoms with Gasteiger partial charge in [0.05, 0.1) is 4.92 Å². The van der Waals surface area contributed by atoms with Gasteiger partial charge in [-0.15, -0.1) is 0 Å². The standard InChI is InChI=1S/C13H17F3N2O3/c1-21-8-4-2-3-7-17-10-5-6-12(18(19)20)11(9-10)13(14,15)16/h5-6,9,17H,2-4,7-8H2,1H3. The maximum Gasteiger partial charge on any atom is 0.423 e. The van der Waals surface area contributed by atoms with Crippen molar-refractivity contribution in [1.82, 2.24) is 0 Å². The summed E-state index contributed by atoms with van der Waals surface area (Å²) in [6.45, 7) is 1.15. The largest absolute Gasteiger partial charge is 0.423 e. The van der Waals surface area contributed by atoms with Crippen LogP contribution in [0.2, 0.25) is 0 Å². The van der Waals surface area contributed by atoms with Gasteiger partial charge >= 0.3 is 6.18 Å². The van der Waals surface area contributed by atoms with Gasteiger partial charge in [-0.3, -0.25) is 10.1 Å². The number of ether oxygens (including phenoxy) is 1. The van der Waals surface area contributed by atoms with E-state index in [1.807, 2.05) is 0 Å². The second-order valence-corrected chi connectivity index (χ2v) is 4.47. The quantitative estimate of drug-likeness (QED) is 0.450. The molecule has 0 aliphatic heterocycles. The minimum absolute atomic E-state index is 0.222. The molecule has 1 N–H and O–H groups in total. The zero-order chi connectivity index (χ0) is 15.9. The van der Waals surface area contributed by atoms with Gasteiger partial charge in [0.25, 0.3) is 5.69 Å². The minimum Gasteiger partial charge on any atom is -0.385 e. The first-order chi connectivity index (χ1) is 9.86. The van der Waals surface area contributed by atoms with E-state index in [0.717, 1.165) is 31.4 Å². The number of anilines is 1. The number of hydrogen-bond acceptors (Lipinski definition) is 4. The third kappa shape index (κ3) is 5.58. The van der Waals surface area contributed by atoms with Crippen molar-refractivity contribution in [3.63, 3.8) is 0 Å². The molecular formula is C13H17F3N2O3. The molecule has 0 saturated carbocycles. The zero-order valence-corrected chi connectivity index (χ0v) is 11.6. The Morgan fingerprint density at radius 3 is 2.57 bits per heavy atom. The summed E-state index contributed by atoms with van der Waals surface area (Å²) < 4.78 is 43.2. The molecule has 0 aliphatic rings. The first-order valence-corrected chi connectivity index (χ1v) is 6.44. The van der Waals surface area contributed by atoms with E-state index in [1.165, 1.54) is 6.07 Å². The molecule has 5 nitrogen and oxygen atoms in total. The van der Waals surface area contributed by atoms with Crippen molar-refractivity contribution in [3.8, 4) is 0 Å². The molecule has 0 amide bonds. The average molecular weight is 306 g/mol. The van der Waals surface area contributed by atoms with Crippen molar-refractivity contribution in [2.45, 2.75) is 25.4 Å². The Kier molecular flexibility index (Phi) is 6.41. The van der Waals surface area contributed by atoms with E-state index in [2.05, 4.69) is 5.32 Å². The van der Waals surface area contributed by atoms with Crippen molar-refractivity contribution in [3.05, 3.63) is 33.9 Å². The first-order valence-electron chi connectivity index (χ1n) is 6.44. The number of halogens is 3. The van der Waals surface area contributed by atoms with Gasteiger partial charge in [-0.25, -0.2) is 0 Å². The number of nitrogens with one attached hydrogen (secondary N) is 1. The number of hydrogen-bond donors (Lipinski definition) is 1. The van der Waals surface area contributed by atoms with E-state index in [-0.39, 0.29) is 5.69 Å². The summed E-state index contributed by atoms with van der Waals surface area (Å²) in [6.07, 6.45) is -2.20. The van der Waals surface area contributed by atoms with Crippen LogP contribution in [0.1, 0.15) is 24.8 Å². The van der Waals surface area contributed by atoms with Crippen LogP contribution in [-0.2, 0) is 10.9 Å². The molecule has 1 aromatic carbocycles. The Morgan fingerprint density at radius 2 is 2.00 bits per heavy atom. The summed E-state index contributed by atoms with van der Waals surface area (Å²) >= 11 is 0. The number of nitrogens with zero attached hydrogens (tertiary/aromatic N) is 1. The number of unbranched alkanes of at least 4 members (excludes halogenated alkanes) is 2. The van der Waals surface area contributed by atoms with E-state index in [0.29, 0.717) is 13.2 Å². The summed E-state index contributed by atoms with van der Waals surface area (Å²) in [5, 5.41) is 13.5. The van der Waals surface area contributed by atoms with Gasteiger partial charge in [0.2, 0.25) is 0 Å². The van der Waals surface area contributed by atoms with Gasteiger partial charge < -0.3 is 10.1 Å². The van der Waals surface area contributed by atoms with E-state index in [1.54, 1.807) is 7.11 Å². The van der Waals surface area contributed by atoms with E-state index in [4.69, 9.17) is 4.74 Å². The molecule has 8 heteroatoms. The fourth-order valence-electron chi connectivity index (χ4n) is 1.81. The van der Waals surface area contributed by atoms with Crippen LogP contribution in [0.5, 0.6) is 0 Å². The third-order valence-corrected chi connectivity index (χ3v) is 2.85. The van der Waals surface area contributed by atoms with E-state index in [9.17, 15) is 23.3 Å². The maximum absolute atomic E-state index is 12.8. The van der Waals surface area contributed by atoms with Crippen LogP contribution >= 0.6 is 0 Å². The second kappa shape index (κ2) is 7.82. The summed E-state index contributed by atoms with van der Waals surface area (Å²) in [5.74, 6) is 0. The van der Waals surface area contributed by atoms with E-state index < -0.39 is 22.4 Å². The monoisotopic (exact) mass is 306 g/mol. The molecule has 0 heterocycles. The predicted octanol–water partition coefficient (Wildman–Crippen LogP) is 3.84. The number of nitro groups is 1. The Morgan fingerprint density at radius 1 is 1.29 bits per heavy atom. The molecular weight excluding hydrogens is 289 g/mol. The molecule has 1 rings (SSSR count). The summed E-state index contributed by atoms with van der Waals surface area (Å²) in [5.41, 5.74) is -1.95. The molecule has 1 aromatic rings. The molecule has 0 bridgehead atoms. The smallest absolute Gasteiger partial charge is 0.385 e. The Bertz CT molecular complexity index is 478. The number of nitro benzene ring substituents is 1. The van der Waals surface area contributed by atoms with Crippen LogP contribution in [0.4, 0.5) is 24.5 Å². The number of benzene rings is 1. The number of methoxy groups -OCH3 is 1. The van der Waals surface area contributed by atoms with E-state index >= 15 is 0 Å². The molecule has 21 heavy (non-hydrogen) atoms. The second-order valence-electron chi connectivity index (χ2n) is 4.47. The molecule has 118 valence electrons. The normalized spacial score (nSPS) is 11.4. The van der Waals surface area contributed by atoms with Crippen LogP contribution in [0.25, 0.3) is 0 Å². The summed E-state index contributed by atoms with van der Waals surface area (Å²) in [4.78, 5) is 9.58. The highest BCUT2D eigenvalue weighted by atomic mass is 19.4. The zero-order valence-electron chi connectivity index (χ0n) is 11.6. The lowest BCUT2D eigenvalue weighted by Crippen LogP contribution is -2.10. The molecule has 0 aliphatic carbocycles. The molecule has 0 spiro atoms. The average Bonchev–Trinajstić information content (AvgIpc) is 2.41. The molecule has 0 saturated heterocycles. The summed E-state index contributed by atoms with van der Waals surface area (Å²) in [7, 11) is 1.60. The molecule has 0 fully saturated rings. The molecule has 0 atom stereocenters. The van der Waals surface area contributed by atoms with Gasteiger partial charge in [0.1, 0.15) is 5.56 Å². The highest BCUT2D eigenvalue weighted by Crippen LogP contribution is 2.37. The van der Waals surface area contributed by atoms with Crippen molar-refractivity contribution in [2.75, 3.05) is 25.6 Å². The lowest BCUT2D eigenvalue weighted by molar-refractivity contribution is -0.388. The minimum atomic E-state index is -4.75. The van der Waals surface area contributed by atoms with Crippen LogP contribution in [0.15, 0.2) is 18.2 Å². The predicted molar refractivity (Wildman–Crippen MR) is 72.3 cm³/mol. The lowest BCUT2D eigenvalue weighted by atomic mass is 10.1. The SMILES string of the molecule is COCCCCCNc1ccc([N+](=O)[O-])c(C(F)(F)F)c1. The van der Waals surface area contributed by atoms with Crippen molar-refractivity contribution >= 4 is 11.4 Å². The van der Waals surface area contributed by atoms with Crippen molar-refractivity contribution < 1.29 is 22.8 Å². The van der Waals surface area contributed by atoms with Gasteiger partial charge in [-0.05, 0) is 31.4 Å². The fourth-order valence-corrected chi connectivity index (χ4v) is 1.81. The molecule has 0 aromatic heterocycles. The van der Waals surface area contributed by atoms with Crippen LogP contribution in [0, 0.1) is 10.1 Å². The number of rotatable bonds is 8. The van der Waals surface area contributed by atoms with Crippen molar-refractivity contribution in [1.29, 1.82) is 0 Å². The van der Waals surface area contributed by atoms with Crippen molar-refractivity contribution in [2.24, 2.45) is 0 Å². The Balaban J connectivity index is 2.66. The highest BCUT2D eigenvalue weighted by molar-refractivity contribution is 5.55. The Hall–Kier alpha value is -1.83. The van der Waals surface area contributed by atoms with Gasteiger partial charge in [0, 0.05) is 32.0 Å². The Labute approximate surface area is 120 Å². The highest BCUT2D eigenvalue weighted by Gasteiger charge is 2.38. The molecule has 0 unspecified atom stereocenters. The van der Waals surface area contributed by atoms with Gasteiger partial charge in [-0.2, -0.15) is 13.2 Å². The molecule has 0 radical (unpaired) electrons.